The number of thiazole rings is 1. The number of azo groups is 1. The van der Waals surface area contributed by atoms with E-state index in [4.69, 9.17) is 21.1 Å². The maximum absolute atomic E-state index is 13.3. The quantitative estimate of drug-likeness (QED) is 0.0986. The highest BCUT2D eigenvalue weighted by molar-refractivity contribution is 7.16. The molecule has 12 nitrogen and oxygen atoms in total. The van der Waals surface area contributed by atoms with Gasteiger partial charge >= 0.3 is 0 Å². The van der Waals surface area contributed by atoms with E-state index < -0.39 is 11.8 Å². The number of nitriles is 1. The number of unbranched alkanes of at least 4 members (excludes halogenated alkanes) is 1. The van der Waals surface area contributed by atoms with Crippen LogP contribution in [0.1, 0.15) is 58.3 Å². The van der Waals surface area contributed by atoms with Crippen LogP contribution in [0.5, 0.6) is 5.75 Å². The SMILES string of the molecule is CCCCC(C)Nc1cc(NC(C)=O)c(N=Nc2nc(Cl)c(/C=C3\C(=O)N(CCCOC)C(=O)C(C#N)=C3C)s2)cc1OC. The molecule has 44 heavy (non-hydrogen) atoms. The summed E-state index contributed by atoms with van der Waals surface area (Å²) < 4.78 is 10.6. The highest BCUT2D eigenvalue weighted by atomic mass is 35.5. The van der Waals surface area contributed by atoms with E-state index in [2.05, 4.69) is 39.7 Å². The lowest BCUT2D eigenvalue weighted by Gasteiger charge is -2.27. The number of hydrogen-bond acceptors (Lipinski definition) is 11. The Bertz CT molecular complexity index is 1540. The topological polar surface area (TPSA) is 158 Å². The number of imide groups is 1. The Labute approximate surface area is 265 Å². The molecule has 1 atom stereocenters. The molecule has 2 heterocycles. The van der Waals surface area contributed by atoms with Gasteiger partial charge in [0.25, 0.3) is 11.8 Å². The van der Waals surface area contributed by atoms with Crippen molar-refractivity contribution in [3.05, 3.63) is 38.9 Å². The number of aromatic nitrogens is 1. The minimum atomic E-state index is -0.643. The molecular weight excluding hydrogens is 606 g/mol. The summed E-state index contributed by atoms with van der Waals surface area (Å²) in [6, 6.07) is 5.50. The molecular formula is C30H36ClN7O5S. The van der Waals surface area contributed by atoms with Crippen molar-refractivity contribution >= 4 is 68.9 Å². The molecule has 2 N–H and O–H groups in total. The number of halogens is 1. The Kier molecular flexibility index (Phi) is 12.6. The zero-order chi connectivity index (χ0) is 32.4. The highest BCUT2D eigenvalue weighted by Gasteiger charge is 2.35. The minimum Gasteiger partial charge on any atom is -0.495 e. The number of benzene rings is 1. The molecule has 1 unspecified atom stereocenters. The van der Waals surface area contributed by atoms with E-state index in [-0.39, 0.29) is 45.5 Å². The van der Waals surface area contributed by atoms with Crippen molar-refractivity contribution in [2.45, 2.75) is 59.4 Å². The number of amides is 3. The predicted octanol–water partition coefficient (Wildman–Crippen LogP) is 6.80. The van der Waals surface area contributed by atoms with Crippen LogP contribution in [-0.4, -0.2) is 61.0 Å². The van der Waals surface area contributed by atoms with Gasteiger partial charge in [-0.05, 0) is 44.4 Å². The lowest BCUT2D eigenvalue weighted by molar-refractivity contribution is -0.140. The van der Waals surface area contributed by atoms with Crippen molar-refractivity contribution in [1.82, 2.24) is 9.88 Å². The zero-order valence-corrected chi connectivity index (χ0v) is 27.2. The fraction of sp³-hybridized carbons (Fsp3) is 0.433. The molecule has 2 aromatic rings. The van der Waals surface area contributed by atoms with Gasteiger partial charge < -0.3 is 20.1 Å². The summed E-state index contributed by atoms with van der Waals surface area (Å²) in [6.45, 7) is 7.61. The molecule has 3 amide bonds. The van der Waals surface area contributed by atoms with Crippen LogP contribution in [0.2, 0.25) is 5.15 Å². The van der Waals surface area contributed by atoms with Crippen molar-refractivity contribution in [3.63, 3.8) is 0 Å². The first-order valence-corrected chi connectivity index (χ1v) is 15.3. The number of ether oxygens (including phenoxy) is 2. The molecule has 0 saturated heterocycles. The van der Waals surface area contributed by atoms with Gasteiger partial charge in [0.05, 0.1) is 23.4 Å². The maximum atomic E-state index is 13.3. The summed E-state index contributed by atoms with van der Waals surface area (Å²) in [6.07, 6.45) is 5.05. The second kappa shape index (κ2) is 16.1. The van der Waals surface area contributed by atoms with Gasteiger partial charge in [0.15, 0.2) is 0 Å². The van der Waals surface area contributed by atoms with E-state index in [9.17, 15) is 19.6 Å². The molecule has 0 aliphatic carbocycles. The maximum Gasteiger partial charge on any atom is 0.271 e. The van der Waals surface area contributed by atoms with Crippen LogP contribution in [0.25, 0.3) is 6.08 Å². The van der Waals surface area contributed by atoms with Crippen molar-refractivity contribution in [1.29, 1.82) is 5.26 Å². The van der Waals surface area contributed by atoms with E-state index in [0.717, 1.165) is 35.5 Å². The first-order chi connectivity index (χ1) is 21.0. The van der Waals surface area contributed by atoms with Gasteiger partial charge in [-0.3, -0.25) is 19.3 Å². The van der Waals surface area contributed by atoms with Crippen molar-refractivity contribution in [2.75, 3.05) is 38.0 Å². The average molecular weight is 642 g/mol. The Morgan fingerprint density at radius 2 is 1.98 bits per heavy atom. The molecule has 0 saturated carbocycles. The van der Waals surface area contributed by atoms with Gasteiger partial charge in [0.2, 0.25) is 11.0 Å². The molecule has 1 aliphatic heterocycles. The van der Waals surface area contributed by atoms with Crippen molar-refractivity contribution in [3.8, 4) is 11.8 Å². The second-order valence-electron chi connectivity index (χ2n) is 10.1. The molecule has 14 heteroatoms. The van der Waals surface area contributed by atoms with Gasteiger partial charge in [-0.15, -0.1) is 10.2 Å². The highest BCUT2D eigenvalue weighted by Crippen LogP contribution is 2.39. The fourth-order valence-corrected chi connectivity index (χ4v) is 5.46. The van der Waals surface area contributed by atoms with Crippen LogP contribution in [0.15, 0.2) is 39.1 Å². The van der Waals surface area contributed by atoms with Crippen molar-refractivity contribution < 1.29 is 23.9 Å². The first-order valence-electron chi connectivity index (χ1n) is 14.1. The zero-order valence-electron chi connectivity index (χ0n) is 25.6. The molecule has 0 fully saturated rings. The van der Waals surface area contributed by atoms with Crippen LogP contribution in [-0.2, 0) is 19.1 Å². The standard InChI is InChI=1S/C30H36ClN7O5S/c1-7-8-10-17(2)33-24-14-22(34-19(4)39)23(15-25(24)43-6)36-37-30-35-27(31)26(44-30)13-20-18(3)21(16-32)29(41)38(28(20)40)11-9-12-42-5/h13-15,17,33H,7-12H2,1-6H3,(H,34,39)/b20-13-,37-36?. The van der Waals surface area contributed by atoms with Gasteiger partial charge in [-0.25, -0.2) is 4.98 Å². The van der Waals surface area contributed by atoms with Crippen LogP contribution in [0.4, 0.5) is 22.2 Å². The van der Waals surface area contributed by atoms with Gasteiger partial charge in [-0.2, -0.15) is 5.26 Å². The molecule has 0 radical (unpaired) electrons. The molecule has 1 aliphatic rings. The Balaban J connectivity index is 1.96. The third-order valence-corrected chi connectivity index (χ3v) is 7.98. The Hall–Kier alpha value is -4.12. The molecule has 234 valence electrons. The lowest BCUT2D eigenvalue weighted by Crippen LogP contribution is -2.43. The van der Waals surface area contributed by atoms with E-state index in [1.807, 2.05) is 6.07 Å². The molecule has 1 aromatic carbocycles. The van der Waals surface area contributed by atoms with Crippen LogP contribution >= 0.6 is 22.9 Å². The van der Waals surface area contributed by atoms with E-state index in [1.165, 1.54) is 20.1 Å². The van der Waals surface area contributed by atoms with Gasteiger partial charge in [-0.1, -0.05) is 42.7 Å². The fourth-order valence-electron chi connectivity index (χ4n) is 4.43. The average Bonchev–Trinajstić information content (AvgIpc) is 3.34. The van der Waals surface area contributed by atoms with E-state index in [0.29, 0.717) is 40.7 Å². The number of nitrogens with one attached hydrogen (secondary N) is 2. The summed E-state index contributed by atoms with van der Waals surface area (Å²) in [4.78, 5) is 43.7. The number of methoxy groups -OCH3 is 2. The smallest absolute Gasteiger partial charge is 0.271 e. The second-order valence-corrected chi connectivity index (χ2v) is 11.4. The summed E-state index contributed by atoms with van der Waals surface area (Å²) in [5.41, 5.74) is 1.75. The summed E-state index contributed by atoms with van der Waals surface area (Å²) in [5, 5.41) is 24.6. The van der Waals surface area contributed by atoms with Gasteiger partial charge in [0.1, 0.15) is 28.2 Å². The number of hydrogen-bond donors (Lipinski definition) is 2. The Morgan fingerprint density at radius 1 is 1.23 bits per heavy atom. The van der Waals surface area contributed by atoms with Crippen LogP contribution < -0.4 is 15.4 Å². The van der Waals surface area contributed by atoms with Crippen LogP contribution in [0, 0.1) is 11.3 Å². The van der Waals surface area contributed by atoms with Crippen molar-refractivity contribution in [2.24, 2.45) is 10.2 Å². The third kappa shape index (κ3) is 8.49. The van der Waals surface area contributed by atoms with E-state index >= 15 is 0 Å². The Morgan fingerprint density at radius 3 is 2.61 bits per heavy atom. The molecule has 0 spiro atoms. The summed E-state index contributed by atoms with van der Waals surface area (Å²) >= 11 is 7.48. The summed E-state index contributed by atoms with van der Waals surface area (Å²) in [7, 11) is 3.07. The predicted molar refractivity (Wildman–Crippen MR) is 171 cm³/mol. The number of anilines is 2. The first kappa shape index (κ1) is 34.4. The monoisotopic (exact) mass is 641 g/mol. The lowest BCUT2D eigenvalue weighted by atomic mass is 9.95. The third-order valence-electron chi connectivity index (χ3n) is 6.69. The normalized spacial score (nSPS) is 15.2. The largest absolute Gasteiger partial charge is 0.495 e. The number of rotatable bonds is 14. The number of nitrogens with zero attached hydrogens (tertiary/aromatic N) is 5. The number of carbonyl (C=O) groups is 3. The van der Waals surface area contributed by atoms with Crippen LogP contribution in [0.3, 0.4) is 0 Å². The van der Waals surface area contributed by atoms with E-state index in [1.54, 1.807) is 26.2 Å². The summed E-state index contributed by atoms with van der Waals surface area (Å²) in [5.74, 6) is -0.944. The van der Waals surface area contributed by atoms with Gasteiger partial charge in [0, 0.05) is 44.9 Å². The molecule has 3 rings (SSSR count). The molecule has 1 aromatic heterocycles. The molecule has 0 bridgehead atoms. The number of carbonyl (C=O) groups excluding carboxylic acids is 3. The minimum absolute atomic E-state index is 0.0682.